The Morgan fingerprint density at radius 1 is 1.34 bits per heavy atom. The maximum absolute atomic E-state index is 13.0. The van der Waals surface area contributed by atoms with E-state index in [1.54, 1.807) is 6.07 Å². The van der Waals surface area contributed by atoms with Crippen molar-refractivity contribution in [3.8, 4) is 5.75 Å². The molecule has 3 aliphatic rings. The van der Waals surface area contributed by atoms with Gasteiger partial charge in [0.15, 0.2) is 11.1 Å². The number of nitrogens with zero attached hydrogens (tertiary/aromatic N) is 2. The predicted octanol–water partition coefficient (Wildman–Crippen LogP) is 2.69. The number of benzene rings is 1. The first-order valence-corrected chi connectivity index (χ1v) is 10.0. The number of imide groups is 1. The Labute approximate surface area is 169 Å². The highest BCUT2D eigenvalue weighted by molar-refractivity contribution is 6.01. The lowest BCUT2D eigenvalue weighted by Gasteiger charge is -2.54. The largest absolute Gasteiger partial charge is 0.372 e. The molecule has 8 nitrogen and oxygen atoms in total. The predicted molar refractivity (Wildman–Crippen MR) is 106 cm³/mol. The van der Waals surface area contributed by atoms with Gasteiger partial charge in [0, 0.05) is 13.0 Å². The summed E-state index contributed by atoms with van der Waals surface area (Å²) in [5, 5.41) is 2.50. The first kappa shape index (κ1) is 21.0. The molecule has 8 heteroatoms. The summed E-state index contributed by atoms with van der Waals surface area (Å²) in [5.74, 6) is 1.30. The lowest BCUT2D eigenvalue weighted by Crippen LogP contribution is -2.59. The number of hydrogen-bond donors (Lipinski definition) is 1. The number of primary amides is 1. The van der Waals surface area contributed by atoms with Crippen molar-refractivity contribution >= 4 is 18.2 Å². The Hall–Kier alpha value is -2.77. The number of likely N-dealkylation sites (tertiary alicyclic amines) is 1. The summed E-state index contributed by atoms with van der Waals surface area (Å²) >= 11 is 0. The van der Waals surface area contributed by atoms with Crippen LogP contribution in [0.4, 0.5) is 0 Å². The van der Waals surface area contributed by atoms with E-state index in [-0.39, 0.29) is 24.1 Å². The molecule has 0 radical (unpaired) electrons. The summed E-state index contributed by atoms with van der Waals surface area (Å²) in [5.41, 5.74) is 6.21. The second kappa shape index (κ2) is 8.31. The van der Waals surface area contributed by atoms with Crippen LogP contribution in [0, 0.1) is 22.2 Å². The molecule has 2 aliphatic carbocycles. The minimum Gasteiger partial charge on any atom is -0.372 e. The van der Waals surface area contributed by atoms with Gasteiger partial charge < -0.3 is 10.6 Å². The van der Waals surface area contributed by atoms with E-state index in [0.29, 0.717) is 30.6 Å². The van der Waals surface area contributed by atoms with E-state index in [9.17, 15) is 14.5 Å². The molecular weight excluding hydrogens is 374 g/mol. The third-order valence-corrected chi connectivity index (χ3v) is 6.98. The number of rotatable bonds is 3. The van der Waals surface area contributed by atoms with E-state index in [1.807, 2.05) is 19.1 Å². The molecule has 2 N–H and O–H groups in total. The van der Waals surface area contributed by atoms with Crippen molar-refractivity contribution in [2.45, 2.75) is 51.9 Å². The van der Waals surface area contributed by atoms with Crippen LogP contribution >= 0.6 is 0 Å². The van der Waals surface area contributed by atoms with E-state index >= 15 is 0 Å². The Balaban J connectivity index is 0.000000755. The zero-order valence-electron chi connectivity index (χ0n) is 16.8. The molecule has 4 atom stereocenters. The third-order valence-electron chi connectivity index (χ3n) is 6.98. The SMILES string of the molecule is CCN1C(=O)CC2C3CCc4cc(ON=O)ccc4C3CC[C@]2(C)C1=O.NC=O. The van der Waals surface area contributed by atoms with Crippen molar-refractivity contribution in [3.63, 3.8) is 0 Å². The van der Waals surface area contributed by atoms with Crippen LogP contribution in [0.2, 0.25) is 0 Å². The maximum atomic E-state index is 13.0. The summed E-state index contributed by atoms with van der Waals surface area (Å²) in [6.45, 7) is 4.40. The fourth-order valence-corrected chi connectivity index (χ4v) is 5.66. The second-order valence-corrected chi connectivity index (χ2v) is 8.18. The van der Waals surface area contributed by atoms with Gasteiger partial charge in [0.1, 0.15) is 0 Å². The number of hydrogen-bond acceptors (Lipinski definition) is 6. The number of piperidine rings is 1. The number of nitrogens with two attached hydrogens (primary N) is 1. The van der Waals surface area contributed by atoms with Gasteiger partial charge in [-0.3, -0.25) is 19.3 Å². The highest BCUT2D eigenvalue weighted by Gasteiger charge is 2.56. The summed E-state index contributed by atoms with van der Waals surface area (Å²) in [6, 6.07) is 5.71. The molecule has 156 valence electrons. The second-order valence-electron chi connectivity index (χ2n) is 8.18. The molecule has 1 aromatic rings. The van der Waals surface area contributed by atoms with E-state index in [2.05, 4.69) is 18.0 Å². The maximum Gasteiger partial charge on any atom is 0.235 e. The Bertz CT molecular complexity index is 827. The molecule has 3 unspecified atom stereocenters. The van der Waals surface area contributed by atoms with Gasteiger partial charge in [-0.2, -0.15) is 0 Å². The van der Waals surface area contributed by atoms with Gasteiger partial charge in [-0.15, -0.1) is 4.91 Å². The standard InChI is InChI=1S/C20H24N2O4.CH3NO/c1-3-22-18(23)11-17-16-6-4-12-10-13(26-21-25)5-7-14(12)15(16)8-9-20(17,2)19(22)24;2-1-3/h5,7,10,15-17H,3-4,6,8-9,11H2,1-2H3;1H,(H2,2,3)/t15?,16?,17?,20-;/m0./s1. The quantitative estimate of drug-likeness (QED) is 0.361. The van der Waals surface area contributed by atoms with Crippen LogP contribution in [0.15, 0.2) is 23.5 Å². The first-order valence-electron chi connectivity index (χ1n) is 10.0. The summed E-state index contributed by atoms with van der Waals surface area (Å²) in [6.07, 6.45) is 4.33. The Morgan fingerprint density at radius 3 is 2.72 bits per heavy atom. The van der Waals surface area contributed by atoms with Crippen LogP contribution in [0.1, 0.15) is 56.6 Å². The first-order chi connectivity index (χ1) is 13.9. The van der Waals surface area contributed by atoms with Gasteiger partial charge in [-0.05, 0) is 73.6 Å². The smallest absolute Gasteiger partial charge is 0.235 e. The molecule has 0 aromatic heterocycles. The molecule has 1 aliphatic heterocycles. The van der Waals surface area contributed by atoms with Crippen molar-refractivity contribution in [2.24, 2.45) is 28.3 Å². The third kappa shape index (κ3) is 3.52. The minimum absolute atomic E-state index is 0.0197. The van der Waals surface area contributed by atoms with Gasteiger partial charge >= 0.3 is 0 Å². The van der Waals surface area contributed by atoms with Crippen molar-refractivity contribution in [2.75, 3.05) is 6.54 Å². The van der Waals surface area contributed by atoms with Crippen molar-refractivity contribution in [1.29, 1.82) is 0 Å². The van der Waals surface area contributed by atoms with Crippen molar-refractivity contribution < 1.29 is 19.2 Å². The molecule has 0 bridgehead atoms. The highest BCUT2D eigenvalue weighted by atomic mass is 16.7. The number of carbonyl (C=O) groups excluding carboxylic acids is 3. The van der Waals surface area contributed by atoms with Gasteiger partial charge in [-0.1, -0.05) is 13.0 Å². The summed E-state index contributed by atoms with van der Waals surface area (Å²) in [4.78, 5) is 50.6. The normalized spacial score (nSPS) is 30.1. The molecule has 0 spiro atoms. The van der Waals surface area contributed by atoms with Gasteiger partial charge in [0.2, 0.25) is 18.2 Å². The number of aryl methyl sites for hydroxylation is 1. The Morgan fingerprint density at radius 2 is 2.07 bits per heavy atom. The molecule has 1 aromatic carbocycles. The van der Waals surface area contributed by atoms with Crippen LogP contribution < -0.4 is 10.6 Å². The lowest BCUT2D eigenvalue weighted by molar-refractivity contribution is -0.167. The summed E-state index contributed by atoms with van der Waals surface area (Å²) in [7, 11) is 0. The average molecular weight is 401 g/mol. The summed E-state index contributed by atoms with van der Waals surface area (Å²) < 4.78 is 0. The Kier molecular flexibility index (Phi) is 6.00. The number of fused-ring (bicyclic) bond motifs is 5. The monoisotopic (exact) mass is 401 g/mol. The van der Waals surface area contributed by atoms with Gasteiger partial charge in [0.05, 0.1) is 5.41 Å². The van der Waals surface area contributed by atoms with Crippen LogP contribution in [0.25, 0.3) is 0 Å². The zero-order valence-corrected chi connectivity index (χ0v) is 16.8. The van der Waals surface area contributed by atoms with E-state index in [0.717, 1.165) is 25.7 Å². The zero-order chi connectivity index (χ0) is 21.2. The van der Waals surface area contributed by atoms with Crippen LogP contribution in [0.3, 0.4) is 0 Å². The highest BCUT2D eigenvalue weighted by Crippen LogP contribution is 2.58. The lowest BCUT2D eigenvalue weighted by atomic mass is 9.52. The molecule has 1 saturated heterocycles. The van der Waals surface area contributed by atoms with Crippen LogP contribution in [-0.4, -0.2) is 29.7 Å². The van der Waals surface area contributed by atoms with Crippen LogP contribution in [0.5, 0.6) is 5.75 Å². The van der Waals surface area contributed by atoms with E-state index in [1.165, 1.54) is 16.0 Å². The molecule has 3 amide bonds. The molecule has 2 fully saturated rings. The van der Waals surface area contributed by atoms with E-state index in [4.69, 9.17) is 9.63 Å². The molecule has 1 heterocycles. The average Bonchev–Trinajstić information content (AvgIpc) is 2.70. The minimum atomic E-state index is -0.424. The number of amides is 3. The molecule has 1 saturated carbocycles. The molecule has 4 rings (SSSR count). The topological polar surface area (TPSA) is 119 Å². The molecule has 29 heavy (non-hydrogen) atoms. The fourth-order valence-electron chi connectivity index (χ4n) is 5.66. The van der Waals surface area contributed by atoms with Crippen molar-refractivity contribution in [3.05, 3.63) is 34.2 Å². The van der Waals surface area contributed by atoms with Gasteiger partial charge in [0.25, 0.3) is 0 Å². The number of carbonyl (C=O) groups is 3. The van der Waals surface area contributed by atoms with Gasteiger partial charge in [-0.25, -0.2) is 0 Å². The van der Waals surface area contributed by atoms with Crippen LogP contribution in [-0.2, 0) is 20.8 Å². The molecular formula is C21H27N3O5. The van der Waals surface area contributed by atoms with E-state index < -0.39 is 5.41 Å². The fraction of sp³-hybridized carbons (Fsp3) is 0.571. The van der Waals surface area contributed by atoms with Crippen molar-refractivity contribution in [1.82, 2.24) is 4.90 Å².